The van der Waals surface area contributed by atoms with Crippen molar-refractivity contribution >= 4 is 44.3 Å². The molecular weight excluding hydrogens is 502 g/mol. The van der Waals surface area contributed by atoms with Crippen molar-refractivity contribution in [3.05, 3.63) is 21.4 Å². The van der Waals surface area contributed by atoms with E-state index >= 15 is 4.39 Å². The van der Waals surface area contributed by atoms with Crippen molar-refractivity contribution in [3.8, 4) is 6.01 Å². The smallest absolute Gasteiger partial charge is 0.319 e. The number of anilines is 1. The Balaban J connectivity index is 1.38. The van der Waals surface area contributed by atoms with Crippen LogP contribution in [0.5, 0.6) is 6.01 Å². The van der Waals surface area contributed by atoms with Crippen LogP contribution in [0.1, 0.15) is 38.5 Å². The van der Waals surface area contributed by atoms with E-state index in [0.29, 0.717) is 47.6 Å². The van der Waals surface area contributed by atoms with Gasteiger partial charge in [0.1, 0.15) is 24.1 Å². The molecule has 3 saturated heterocycles. The van der Waals surface area contributed by atoms with Crippen LogP contribution in [0.25, 0.3) is 10.9 Å². The van der Waals surface area contributed by atoms with Gasteiger partial charge in [-0.15, -0.1) is 0 Å². The van der Waals surface area contributed by atoms with Crippen LogP contribution < -0.4 is 9.64 Å². The average molecular weight is 528 g/mol. The van der Waals surface area contributed by atoms with Crippen molar-refractivity contribution < 1.29 is 13.5 Å². The molecule has 0 N–H and O–H groups in total. The lowest BCUT2D eigenvalue weighted by atomic mass is 9.95. The third kappa shape index (κ3) is 3.48. The highest BCUT2D eigenvalue weighted by atomic mass is 79.9. The lowest BCUT2D eigenvalue weighted by molar-refractivity contribution is 0.107. The molecule has 0 radical (unpaired) electrons. The molecule has 5 nitrogen and oxygen atoms in total. The van der Waals surface area contributed by atoms with Gasteiger partial charge in [0.25, 0.3) is 0 Å². The molecule has 4 atom stereocenters. The number of alkyl halides is 1. The number of rotatable bonds is 4. The van der Waals surface area contributed by atoms with Crippen LogP contribution in [0.2, 0.25) is 5.02 Å². The van der Waals surface area contributed by atoms with E-state index in [4.69, 9.17) is 21.3 Å². The first-order valence-electron chi connectivity index (χ1n) is 11.5. The molecule has 6 rings (SSSR count). The van der Waals surface area contributed by atoms with Crippen LogP contribution in [-0.2, 0) is 0 Å². The Morgan fingerprint density at radius 1 is 1.22 bits per heavy atom. The summed E-state index contributed by atoms with van der Waals surface area (Å²) in [6.45, 7) is 3.48. The summed E-state index contributed by atoms with van der Waals surface area (Å²) in [5, 5.41) is 0.906. The van der Waals surface area contributed by atoms with Crippen molar-refractivity contribution in [2.75, 3.05) is 37.7 Å². The Kier molecular flexibility index (Phi) is 5.26. The van der Waals surface area contributed by atoms with E-state index in [1.807, 2.05) is 0 Å². The van der Waals surface area contributed by atoms with E-state index in [2.05, 4.69) is 30.7 Å². The van der Waals surface area contributed by atoms with Gasteiger partial charge < -0.3 is 9.64 Å². The predicted octanol–water partition coefficient (Wildman–Crippen LogP) is 5.38. The summed E-state index contributed by atoms with van der Waals surface area (Å²) in [6.07, 6.45) is 5.31. The zero-order chi connectivity index (χ0) is 22.0. The van der Waals surface area contributed by atoms with Gasteiger partial charge in [-0.1, -0.05) is 11.6 Å². The normalized spacial score (nSPS) is 32.1. The number of hydrogen-bond acceptors (Lipinski definition) is 5. The van der Waals surface area contributed by atoms with Gasteiger partial charge in [-0.25, -0.2) is 8.78 Å². The fourth-order valence-electron chi connectivity index (χ4n) is 6.47. The van der Waals surface area contributed by atoms with Crippen molar-refractivity contribution in [1.29, 1.82) is 0 Å². The Morgan fingerprint density at radius 3 is 2.78 bits per heavy atom. The largest absolute Gasteiger partial charge is 0.461 e. The molecule has 0 amide bonds. The molecule has 3 aliphatic heterocycles. The third-order valence-electron chi connectivity index (χ3n) is 7.92. The molecule has 32 heavy (non-hydrogen) atoms. The maximum absolute atomic E-state index is 15.2. The third-order valence-corrected chi connectivity index (χ3v) is 9.23. The number of nitrogens with zero attached hydrogens (tertiary/aromatic N) is 4. The van der Waals surface area contributed by atoms with E-state index in [0.717, 1.165) is 32.5 Å². The fourth-order valence-corrected chi connectivity index (χ4v) is 6.97. The number of fused-ring (bicyclic) bond motifs is 4. The zero-order valence-corrected chi connectivity index (χ0v) is 20.1. The first kappa shape index (κ1) is 21.3. The van der Waals surface area contributed by atoms with E-state index in [1.165, 1.54) is 19.3 Å². The number of piperidine rings is 1. The highest BCUT2D eigenvalue weighted by Crippen LogP contribution is 2.43. The number of aromatic nitrogens is 2. The summed E-state index contributed by atoms with van der Waals surface area (Å²) < 4.78 is 35.6. The molecule has 4 aliphatic rings. The molecule has 1 aliphatic carbocycles. The topological polar surface area (TPSA) is 41.5 Å². The van der Waals surface area contributed by atoms with Crippen LogP contribution in [0, 0.1) is 17.7 Å². The standard InChI is InChI=1S/C23H26BrClF2N4O/c24-18-17(25)7-16-20(19(18)27)28-22(29-21(16)30-9-13-2-3-14(6-13)10-30)32-12-23-4-1-5-31(23)11-15(26)8-23/h7,13-15H,1-6,8-12H2/t13?,14?,15-,23+/m0/s1. The Hall–Kier alpha value is -1.25. The summed E-state index contributed by atoms with van der Waals surface area (Å²) in [4.78, 5) is 13.6. The maximum atomic E-state index is 15.2. The number of ether oxygens (including phenoxy) is 1. The van der Waals surface area contributed by atoms with Gasteiger partial charge in [0, 0.05) is 31.4 Å². The van der Waals surface area contributed by atoms with Crippen molar-refractivity contribution in [2.24, 2.45) is 11.8 Å². The van der Waals surface area contributed by atoms with Crippen molar-refractivity contribution in [1.82, 2.24) is 14.9 Å². The SMILES string of the molecule is Fc1c(Br)c(Cl)cc2c(N3CC4CCC(C4)C3)nc(OC[C@]34CCCN3C[C@@H](F)C4)nc12. The van der Waals surface area contributed by atoms with Gasteiger partial charge in [0.05, 0.1) is 15.0 Å². The van der Waals surface area contributed by atoms with E-state index < -0.39 is 12.0 Å². The van der Waals surface area contributed by atoms with Gasteiger partial charge >= 0.3 is 6.01 Å². The van der Waals surface area contributed by atoms with Crippen LogP contribution in [0.4, 0.5) is 14.6 Å². The van der Waals surface area contributed by atoms with E-state index in [9.17, 15) is 4.39 Å². The molecule has 2 unspecified atom stereocenters. The second-order valence-electron chi connectivity index (χ2n) is 10.0. The fraction of sp³-hybridized carbons (Fsp3) is 0.652. The lowest BCUT2D eigenvalue weighted by Crippen LogP contribution is -2.43. The monoisotopic (exact) mass is 526 g/mol. The molecule has 1 saturated carbocycles. The van der Waals surface area contributed by atoms with E-state index in [1.54, 1.807) is 6.07 Å². The molecule has 2 aromatic rings. The minimum atomic E-state index is -0.827. The van der Waals surface area contributed by atoms with Gasteiger partial charge in [0.2, 0.25) is 0 Å². The first-order valence-corrected chi connectivity index (χ1v) is 12.7. The molecular formula is C23H26BrClF2N4O. The summed E-state index contributed by atoms with van der Waals surface area (Å²) in [5.74, 6) is 1.46. The summed E-state index contributed by atoms with van der Waals surface area (Å²) in [7, 11) is 0. The summed E-state index contributed by atoms with van der Waals surface area (Å²) >= 11 is 9.54. The Morgan fingerprint density at radius 2 is 2.00 bits per heavy atom. The second-order valence-corrected chi connectivity index (χ2v) is 11.2. The number of hydrogen-bond donors (Lipinski definition) is 0. The van der Waals surface area contributed by atoms with Gasteiger partial charge in [-0.05, 0) is 72.5 Å². The number of benzene rings is 1. The van der Waals surface area contributed by atoms with Gasteiger partial charge in [-0.2, -0.15) is 9.97 Å². The first-order chi connectivity index (χ1) is 15.4. The molecule has 9 heteroatoms. The van der Waals surface area contributed by atoms with E-state index in [-0.39, 0.29) is 21.5 Å². The predicted molar refractivity (Wildman–Crippen MR) is 124 cm³/mol. The number of halogens is 4. The minimum Gasteiger partial charge on any atom is -0.461 e. The van der Waals surface area contributed by atoms with Crippen LogP contribution >= 0.6 is 27.5 Å². The highest BCUT2D eigenvalue weighted by molar-refractivity contribution is 9.10. The molecule has 4 heterocycles. The van der Waals surface area contributed by atoms with Crippen LogP contribution in [-0.4, -0.2) is 59.4 Å². The minimum absolute atomic E-state index is 0.155. The molecule has 1 aromatic heterocycles. The maximum Gasteiger partial charge on any atom is 0.319 e. The van der Waals surface area contributed by atoms with Gasteiger partial charge in [0.15, 0.2) is 5.82 Å². The molecule has 0 spiro atoms. The Bertz CT molecular complexity index is 1060. The summed E-state index contributed by atoms with van der Waals surface area (Å²) in [5.41, 5.74) is -0.101. The molecule has 1 aromatic carbocycles. The molecule has 172 valence electrons. The van der Waals surface area contributed by atoms with Crippen LogP contribution in [0.3, 0.4) is 0 Å². The quantitative estimate of drug-likeness (QED) is 0.500. The van der Waals surface area contributed by atoms with Gasteiger partial charge in [-0.3, -0.25) is 4.90 Å². The molecule has 4 fully saturated rings. The van der Waals surface area contributed by atoms with Crippen molar-refractivity contribution in [3.63, 3.8) is 0 Å². The van der Waals surface area contributed by atoms with Crippen molar-refractivity contribution in [2.45, 2.75) is 50.2 Å². The van der Waals surface area contributed by atoms with Crippen LogP contribution in [0.15, 0.2) is 10.5 Å². The highest BCUT2D eigenvalue weighted by Gasteiger charge is 2.49. The summed E-state index contributed by atoms with van der Waals surface area (Å²) in [6, 6.07) is 1.89. The zero-order valence-electron chi connectivity index (χ0n) is 17.8. The molecule has 2 bridgehead atoms. The Labute approximate surface area is 199 Å². The lowest BCUT2D eigenvalue weighted by Gasteiger charge is -2.34. The average Bonchev–Trinajstić information content (AvgIpc) is 3.41. The second kappa shape index (κ2) is 7.91.